The Morgan fingerprint density at radius 1 is 1.19 bits per heavy atom. The number of rotatable bonds is 3. The van der Waals surface area contributed by atoms with Crippen LogP contribution in [-0.2, 0) is 11.2 Å². The van der Waals surface area contributed by atoms with Crippen molar-refractivity contribution in [2.75, 3.05) is 11.4 Å². The molecule has 2 aromatic rings. The topological polar surface area (TPSA) is 49.4 Å². The Balaban J connectivity index is 1.61. The van der Waals surface area contributed by atoms with Gasteiger partial charge in [0.05, 0.1) is 11.6 Å². The molecule has 2 aromatic carbocycles. The van der Waals surface area contributed by atoms with Gasteiger partial charge in [-0.15, -0.1) is 0 Å². The van der Waals surface area contributed by atoms with Crippen LogP contribution in [0.25, 0.3) is 0 Å². The second kappa shape index (κ2) is 7.14. The number of nitrogens with one attached hydrogen (secondary N) is 1. The van der Waals surface area contributed by atoms with E-state index in [0.717, 1.165) is 24.8 Å². The molecule has 1 heterocycles. The van der Waals surface area contributed by atoms with Gasteiger partial charge in [-0.05, 0) is 54.5 Å². The highest BCUT2D eigenvalue weighted by Gasteiger charge is 2.29. The predicted molar refractivity (Wildman–Crippen MR) is 102 cm³/mol. The van der Waals surface area contributed by atoms with Crippen molar-refractivity contribution in [3.63, 3.8) is 0 Å². The second-order valence-electron chi connectivity index (χ2n) is 7.48. The molecule has 1 aliphatic heterocycles. The molecule has 0 spiro atoms. The minimum absolute atomic E-state index is 0.0116. The molecule has 0 saturated carbocycles. The molecule has 0 unspecified atom stereocenters. The van der Waals surface area contributed by atoms with Crippen molar-refractivity contribution in [1.29, 1.82) is 0 Å². The molecule has 0 bridgehead atoms. The van der Waals surface area contributed by atoms with Gasteiger partial charge in [0.1, 0.15) is 5.82 Å². The molecule has 2 atom stereocenters. The normalized spacial score (nSPS) is 21.9. The zero-order valence-corrected chi connectivity index (χ0v) is 15.4. The van der Waals surface area contributed by atoms with Gasteiger partial charge in [-0.1, -0.05) is 31.2 Å². The SMILES string of the molecule is C[C@H]1CCc2ccccc2[C@@H]1NC(=O)c1cc(N2CCCC2=O)ccc1F. The monoisotopic (exact) mass is 366 g/mol. The molecular weight excluding hydrogens is 343 g/mol. The highest BCUT2D eigenvalue weighted by molar-refractivity contribution is 5.99. The average molecular weight is 366 g/mol. The number of carbonyl (C=O) groups is 2. The highest BCUT2D eigenvalue weighted by Crippen LogP contribution is 2.34. The number of amides is 2. The lowest BCUT2D eigenvalue weighted by Gasteiger charge is -2.32. The molecule has 2 aliphatic rings. The predicted octanol–water partition coefficient (Wildman–Crippen LogP) is 4.01. The van der Waals surface area contributed by atoms with E-state index >= 15 is 0 Å². The summed E-state index contributed by atoms with van der Waals surface area (Å²) < 4.78 is 14.4. The summed E-state index contributed by atoms with van der Waals surface area (Å²) in [5.74, 6) is -0.716. The molecule has 1 aliphatic carbocycles. The maximum Gasteiger partial charge on any atom is 0.254 e. The minimum atomic E-state index is -0.570. The standard InChI is InChI=1S/C22H23FN2O2/c1-14-8-9-15-5-2-3-6-17(15)21(14)24-22(27)18-13-16(10-11-19(18)23)25-12-4-7-20(25)26/h2-3,5-6,10-11,13-14,21H,4,7-9,12H2,1H3,(H,24,27)/t14-,21+/m0/s1. The quantitative estimate of drug-likeness (QED) is 0.892. The number of nitrogens with zero attached hydrogens (tertiary/aromatic N) is 1. The van der Waals surface area contributed by atoms with Crippen LogP contribution in [0.3, 0.4) is 0 Å². The van der Waals surface area contributed by atoms with Gasteiger partial charge >= 0.3 is 0 Å². The molecule has 4 nitrogen and oxygen atoms in total. The third-order valence-corrected chi connectivity index (χ3v) is 5.69. The number of anilines is 1. The molecule has 1 fully saturated rings. The van der Waals surface area contributed by atoms with E-state index in [1.165, 1.54) is 17.7 Å². The summed E-state index contributed by atoms with van der Waals surface area (Å²) in [5, 5.41) is 3.03. The molecule has 27 heavy (non-hydrogen) atoms. The molecule has 1 N–H and O–H groups in total. The Hall–Kier alpha value is -2.69. The molecule has 2 amide bonds. The number of hydrogen-bond acceptors (Lipinski definition) is 2. The van der Waals surface area contributed by atoms with Crippen molar-refractivity contribution in [1.82, 2.24) is 5.32 Å². The number of aryl methyl sites for hydroxylation is 1. The molecule has 1 saturated heterocycles. The van der Waals surface area contributed by atoms with E-state index in [1.54, 1.807) is 11.0 Å². The van der Waals surface area contributed by atoms with Crippen molar-refractivity contribution in [2.45, 2.75) is 38.6 Å². The largest absolute Gasteiger partial charge is 0.345 e. The smallest absolute Gasteiger partial charge is 0.254 e. The Kier molecular flexibility index (Phi) is 4.68. The van der Waals surface area contributed by atoms with Crippen molar-refractivity contribution in [2.24, 2.45) is 5.92 Å². The van der Waals surface area contributed by atoms with Crippen LogP contribution in [-0.4, -0.2) is 18.4 Å². The fourth-order valence-electron chi connectivity index (χ4n) is 4.14. The second-order valence-corrected chi connectivity index (χ2v) is 7.48. The van der Waals surface area contributed by atoms with Gasteiger partial charge < -0.3 is 10.2 Å². The molecule has 4 rings (SSSR count). The Morgan fingerprint density at radius 2 is 2.00 bits per heavy atom. The van der Waals surface area contributed by atoms with Crippen LogP contribution in [0.4, 0.5) is 10.1 Å². The first-order chi connectivity index (χ1) is 13.0. The number of benzene rings is 2. The van der Waals surface area contributed by atoms with Crippen molar-refractivity contribution >= 4 is 17.5 Å². The summed E-state index contributed by atoms with van der Waals surface area (Å²) >= 11 is 0. The number of hydrogen-bond donors (Lipinski definition) is 1. The van der Waals surface area contributed by atoms with Crippen LogP contribution in [0.2, 0.25) is 0 Å². The summed E-state index contributed by atoms with van der Waals surface area (Å²) in [5.41, 5.74) is 2.91. The van der Waals surface area contributed by atoms with Gasteiger partial charge in [0, 0.05) is 18.7 Å². The minimum Gasteiger partial charge on any atom is -0.345 e. The number of carbonyl (C=O) groups excluding carboxylic acids is 2. The molecule has 0 aromatic heterocycles. The lowest BCUT2D eigenvalue weighted by Crippen LogP contribution is -2.36. The Bertz CT molecular complexity index is 896. The average Bonchev–Trinajstić information content (AvgIpc) is 3.10. The molecule has 5 heteroatoms. The Morgan fingerprint density at radius 3 is 2.78 bits per heavy atom. The Labute approximate surface area is 158 Å². The fourth-order valence-corrected chi connectivity index (χ4v) is 4.14. The molecular formula is C22H23FN2O2. The van der Waals surface area contributed by atoms with Crippen molar-refractivity contribution in [3.8, 4) is 0 Å². The van der Waals surface area contributed by atoms with E-state index in [0.29, 0.717) is 18.7 Å². The van der Waals surface area contributed by atoms with Gasteiger partial charge in [-0.25, -0.2) is 4.39 Å². The number of halogens is 1. The first kappa shape index (κ1) is 17.7. The van der Waals surface area contributed by atoms with Gasteiger partial charge in [0.2, 0.25) is 5.91 Å². The third-order valence-electron chi connectivity index (χ3n) is 5.69. The van der Waals surface area contributed by atoms with E-state index in [9.17, 15) is 14.0 Å². The maximum atomic E-state index is 14.4. The van der Waals surface area contributed by atoms with E-state index in [4.69, 9.17) is 0 Å². The van der Waals surface area contributed by atoms with Crippen LogP contribution in [0.15, 0.2) is 42.5 Å². The summed E-state index contributed by atoms with van der Waals surface area (Å²) in [6.45, 7) is 2.72. The van der Waals surface area contributed by atoms with Crippen molar-refractivity contribution < 1.29 is 14.0 Å². The van der Waals surface area contributed by atoms with Gasteiger partial charge in [-0.3, -0.25) is 9.59 Å². The first-order valence-electron chi connectivity index (χ1n) is 9.53. The van der Waals surface area contributed by atoms with Crippen LogP contribution in [0, 0.1) is 11.7 Å². The van der Waals surface area contributed by atoms with E-state index in [-0.39, 0.29) is 23.4 Å². The fraction of sp³-hybridized carbons (Fsp3) is 0.364. The molecule has 140 valence electrons. The van der Waals surface area contributed by atoms with Gasteiger partial charge in [0.25, 0.3) is 5.91 Å². The maximum absolute atomic E-state index is 14.4. The van der Waals surface area contributed by atoms with Crippen molar-refractivity contribution in [3.05, 3.63) is 65.0 Å². The summed E-state index contributed by atoms with van der Waals surface area (Å²) in [4.78, 5) is 26.5. The van der Waals surface area contributed by atoms with E-state index in [1.807, 2.05) is 18.2 Å². The van der Waals surface area contributed by atoms with Gasteiger partial charge in [0.15, 0.2) is 0 Å². The third kappa shape index (κ3) is 3.34. The van der Waals surface area contributed by atoms with E-state index < -0.39 is 11.7 Å². The summed E-state index contributed by atoms with van der Waals surface area (Å²) in [6, 6.07) is 12.3. The van der Waals surface area contributed by atoms with Crippen LogP contribution < -0.4 is 10.2 Å². The summed E-state index contributed by atoms with van der Waals surface area (Å²) in [7, 11) is 0. The first-order valence-corrected chi connectivity index (χ1v) is 9.53. The van der Waals surface area contributed by atoms with Gasteiger partial charge in [-0.2, -0.15) is 0 Å². The lowest BCUT2D eigenvalue weighted by atomic mass is 9.80. The highest BCUT2D eigenvalue weighted by atomic mass is 19.1. The van der Waals surface area contributed by atoms with Crippen LogP contribution >= 0.6 is 0 Å². The van der Waals surface area contributed by atoms with Crippen LogP contribution in [0.1, 0.15) is 53.7 Å². The zero-order chi connectivity index (χ0) is 19.0. The summed E-state index contributed by atoms with van der Waals surface area (Å²) in [6.07, 6.45) is 3.25. The lowest BCUT2D eigenvalue weighted by molar-refractivity contribution is -0.117. The molecule has 0 radical (unpaired) electrons. The van der Waals surface area contributed by atoms with Crippen LogP contribution in [0.5, 0.6) is 0 Å². The number of fused-ring (bicyclic) bond motifs is 1. The zero-order valence-electron chi connectivity index (χ0n) is 15.4. The van der Waals surface area contributed by atoms with E-state index in [2.05, 4.69) is 18.3 Å².